The lowest BCUT2D eigenvalue weighted by molar-refractivity contribution is 0.158. The second-order valence-electron chi connectivity index (χ2n) is 5.10. The predicted octanol–water partition coefficient (Wildman–Crippen LogP) is 1.02. The van der Waals surface area contributed by atoms with E-state index in [4.69, 9.17) is 10.5 Å². The van der Waals surface area contributed by atoms with Crippen LogP contribution in [0.2, 0.25) is 0 Å². The van der Waals surface area contributed by atoms with Gasteiger partial charge in [0.15, 0.2) is 5.96 Å². The highest BCUT2D eigenvalue weighted by Crippen LogP contribution is 2.09. The molecule has 0 unspecified atom stereocenters. The van der Waals surface area contributed by atoms with Gasteiger partial charge in [0.05, 0.1) is 6.54 Å². The highest BCUT2D eigenvalue weighted by molar-refractivity contribution is 5.78. The van der Waals surface area contributed by atoms with Crippen LogP contribution in [0.3, 0.4) is 0 Å². The number of hydrogen-bond donors (Lipinski definition) is 1. The number of hydrogen-bond acceptors (Lipinski definition) is 3. The number of ether oxygens (including phenoxy) is 1. The molecule has 2 aliphatic heterocycles. The van der Waals surface area contributed by atoms with E-state index in [1.807, 2.05) is 0 Å². The molecule has 2 fully saturated rings. The quantitative estimate of drug-likeness (QED) is 0.469. The summed E-state index contributed by atoms with van der Waals surface area (Å²) in [6, 6.07) is 0. The van der Waals surface area contributed by atoms with E-state index in [9.17, 15) is 4.79 Å². The minimum atomic E-state index is -0.204. The minimum absolute atomic E-state index is 0.204. The Morgan fingerprint density at radius 3 is 2.58 bits per heavy atom. The largest absolute Gasteiger partial charge is 0.448 e. The Bertz CT molecular complexity index is 325. The van der Waals surface area contributed by atoms with E-state index in [2.05, 4.69) is 9.89 Å². The molecule has 0 aromatic carbocycles. The molecule has 6 nitrogen and oxygen atoms in total. The molecule has 108 valence electrons. The highest BCUT2D eigenvalue weighted by atomic mass is 16.6. The zero-order valence-corrected chi connectivity index (χ0v) is 11.5. The van der Waals surface area contributed by atoms with E-state index in [0.29, 0.717) is 32.2 Å². The lowest BCUT2D eigenvalue weighted by atomic mass is 10.2. The van der Waals surface area contributed by atoms with Crippen LogP contribution in [0.15, 0.2) is 4.99 Å². The molecule has 0 radical (unpaired) electrons. The van der Waals surface area contributed by atoms with Crippen molar-refractivity contribution in [1.29, 1.82) is 0 Å². The average Bonchev–Trinajstić information content (AvgIpc) is 2.68. The standard InChI is InChI=1S/C13H24N4O2/c14-12(16-7-3-1-2-4-8-16)15-6-5-9-17-10-11-19-13(17)18/h1-11H2,(H2,14,15). The number of carbonyl (C=O) groups excluding carboxylic acids is 1. The van der Waals surface area contributed by atoms with E-state index in [1.165, 1.54) is 25.7 Å². The number of guanidine groups is 1. The Kier molecular flexibility index (Phi) is 5.30. The fraction of sp³-hybridized carbons (Fsp3) is 0.846. The molecule has 2 rings (SSSR count). The van der Waals surface area contributed by atoms with E-state index in [1.54, 1.807) is 4.90 Å². The van der Waals surface area contributed by atoms with Crippen LogP contribution in [0, 0.1) is 0 Å². The molecular formula is C13H24N4O2. The van der Waals surface area contributed by atoms with Crippen molar-refractivity contribution >= 4 is 12.1 Å². The summed E-state index contributed by atoms with van der Waals surface area (Å²) in [6.07, 6.45) is 5.63. The van der Waals surface area contributed by atoms with E-state index >= 15 is 0 Å². The second-order valence-corrected chi connectivity index (χ2v) is 5.10. The van der Waals surface area contributed by atoms with Crippen molar-refractivity contribution in [2.24, 2.45) is 10.7 Å². The summed E-state index contributed by atoms with van der Waals surface area (Å²) in [7, 11) is 0. The molecule has 0 aromatic heterocycles. The third kappa shape index (κ3) is 4.29. The summed E-state index contributed by atoms with van der Waals surface area (Å²) in [4.78, 5) is 19.5. The first kappa shape index (κ1) is 14.0. The maximum Gasteiger partial charge on any atom is 0.409 e. The molecule has 0 aromatic rings. The van der Waals surface area contributed by atoms with E-state index in [0.717, 1.165) is 19.5 Å². The molecule has 0 spiro atoms. The number of amides is 1. The fourth-order valence-electron chi connectivity index (χ4n) is 2.48. The topological polar surface area (TPSA) is 71.2 Å². The number of nitrogens with zero attached hydrogens (tertiary/aromatic N) is 3. The van der Waals surface area contributed by atoms with E-state index in [-0.39, 0.29) is 6.09 Å². The van der Waals surface area contributed by atoms with Gasteiger partial charge in [-0.25, -0.2) is 4.79 Å². The predicted molar refractivity (Wildman–Crippen MR) is 74.1 cm³/mol. The van der Waals surface area contributed by atoms with Gasteiger partial charge in [0.25, 0.3) is 0 Å². The summed E-state index contributed by atoms with van der Waals surface area (Å²) in [6.45, 7) is 4.63. The van der Waals surface area contributed by atoms with Crippen LogP contribution in [-0.2, 0) is 4.74 Å². The van der Waals surface area contributed by atoms with Crippen molar-refractivity contribution in [2.75, 3.05) is 39.3 Å². The summed E-state index contributed by atoms with van der Waals surface area (Å²) in [5.41, 5.74) is 6.01. The number of likely N-dealkylation sites (tertiary alicyclic amines) is 1. The molecule has 2 saturated heterocycles. The zero-order valence-electron chi connectivity index (χ0n) is 11.5. The summed E-state index contributed by atoms with van der Waals surface area (Å²) >= 11 is 0. The van der Waals surface area contributed by atoms with Gasteiger partial charge in [0.2, 0.25) is 0 Å². The van der Waals surface area contributed by atoms with Crippen LogP contribution in [0.5, 0.6) is 0 Å². The molecular weight excluding hydrogens is 244 g/mol. The Morgan fingerprint density at radius 2 is 1.95 bits per heavy atom. The summed E-state index contributed by atoms with van der Waals surface area (Å²) in [5, 5.41) is 0. The Labute approximate surface area is 114 Å². The number of carbonyl (C=O) groups is 1. The molecule has 0 aliphatic carbocycles. The summed E-state index contributed by atoms with van der Waals surface area (Å²) < 4.78 is 4.87. The van der Waals surface area contributed by atoms with Crippen molar-refractivity contribution in [1.82, 2.24) is 9.80 Å². The van der Waals surface area contributed by atoms with Crippen LogP contribution in [0.1, 0.15) is 32.1 Å². The van der Waals surface area contributed by atoms with Gasteiger partial charge in [0, 0.05) is 26.2 Å². The molecule has 0 bridgehead atoms. The SMILES string of the molecule is NC(=NCCCN1CCOC1=O)N1CCCCCC1. The molecule has 2 aliphatic rings. The van der Waals surface area contributed by atoms with Crippen LogP contribution in [0.4, 0.5) is 4.79 Å². The average molecular weight is 268 g/mol. The van der Waals surface area contributed by atoms with Crippen LogP contribution in [-0.4, -0.2) is 61.2 Å². The lowest BCUT2D eigenvalue weighted by Crippen LogP contribution is -2.38. The number of cyclic esters (lactones) is 1. The monoisotopic (exact) mass is 268 g/mol. The van der Waals surface area contributed by atoms with Crippen molar-refractivity contribution < 1.29 is 9.53 Å². The number of rotatable bonds is 4. The Balaban J connectivity index is 1.67. The van der Waals surface area contributed by atoms with Crippen LogP contribution < -0.4 is 5.73 Å². The van der Waals surface area contributed by atoms with Crippen LogP contribution >= 0.6 is 0 Å². The lowest BCUT2D eigenvalue weighted by Gasteiger charge is -2.21. The first-order chi connectivity index (χ1) is 9.27. The Morgan fingerprint density at radius 1 is 1.21 bits per heavy atom. The molecule has 2 heterocycles. The smallest absolute Gasteiger partial charge is 0.409 e. The molecule has 1 amide bonds. The second kappa shape index (κ2) is 7.21. The van der Waals surface area contributed by atoms with Crippen molar-refractivity contribution in [3.05, 3.63) is 0 Å². The maximum absolute atomic E-state index is 11.2. The zero-order chi connectivity index (χ0) is 13.5. The molecule has 0 saturated carbocycles. The van der Waals surface area contributed by atoms with Crippen LogP contribution in [0.25, 0.3) is 0 Å². The molecule has 19 heavy (non-hydrogen) atoms. The van der Waals surface area contributed by atoms with Crippen molar-refractivity contribution in [3.63, 3.8) is 0 Å². The van der Waals surface area contributed by atoms with Gasteiger partial charge in [-0.1, -0.05) is 12.8 Å². The first-order valence-corrected chi connectivity index (χ1v) is 7.24. The van der Waals surface area contributed by atoms with Gasteiger partial charge >= 0.3 is 6.09 Å². The van der Waals surface area contributed by atoms with Crippen molar-refractivity contribution in [2.45, 2.75) is 32.1 Å². The molecule has 2 N–H and O–H groups in total. The number of aliphatic imine (C=N–C) groups is 1. The summed E-state index contributed by atoms with van der Waals surface area (Å²) in [5.74, 6) is 0.658. The van der Waals surface area contributed by atoms with Gasteiger partial charge < -0.3 is 20.3 Å². The molecule has 0 atom stereocenters. The Hall–Kier alpha value is -1.46. The third-order valence-electron chi connectivity index (χ3n) is 3.63. The fourth-order valence-corrected chi connectivity index (χ4v) is 2.48. The molecule has 6 heteroatoms. The van der Waals surface area contributed by atoms with E-state index < -0.39 is 0 Å². The normalized spacial score (nSPS) is 21.5. The first-order valence-electron chi connectivity index (χ1n) is 7.24. The highest BCUT2D eigenvalue weighted by Gasteiger charge is 2.20. The van der Waals surface area contributed by atoms with Crippen molar-refractivity contribution in [3.8, 4) is 0 Å². The minimum Gasteiger partial charge on any atom is -0.448 e. The van der Waals surface area contributed by atoms with Gasteiger partial charge in [-0.3, -0.25) is 4.99 Å². The van der Waals surface area contributed by atoms with Gasteiger partial charge in [-0.15, -0.1) is 0 Å². The maximum atomic E-state index is 11.2. The third-order valence-corrected chi connectivity index (χ3v) is 3.63. The van der Waals surface area contributed by atoms with Gasteiger partial charge in [-0.2, -0.15) is 0 Å². The number of nitrogens with two attached hydrogens (primary N) is 1. The van der Waals surface area contributed by atoms with Gasteiger partial charge in [0.1, 0.15) is 6.61 Å². The van der Waals surface area contributed by atoms with Gasteiger partial charge in [-0.05, 0) is 19.3 Å².